The topological polar surface area (TPSA) is 38.9 Å². The van der Waals surface area contributed by atoms with E-state index in [1.165, 1.54) is 0 Å². The molecule has 0 amide bonds. The molecular formula is C14H14BrN3O. The lowest BCUT2D eigenvalue weighted by molar-refractivity contribution is 0.415. The van der Waals surface area contributed by atoms with Crippen LogP contribution in [0.4, 0.5) is 0 Å². The average Bonchev–Trinajstić information content (AvgIpc) is 2.48. The molecule has 98 valence electrons. The van der Waals surface area contributed by atoms with Crippen molar-refractivity contribution in [1.82, 2.24) is 4.68 Å². The van der Waals surface area contributed by atoms with Gasteiger partial charge < -0.3 is 4.74 Å². The van der Waals surface area contributed by atoms with Gasteiger partial charge in [-0.3, -0.25) is 4.99 Å². The summed E-state index contributed by atoms with van der Waals surface area (Å²) in [6, 6.07) is 11.8. The van der Waals surface area contributed by atoms with E-state index in [2.05, 4.69) is 32.7 Å². The molecule has 1 heterocycles. The van der Waals surface area contributed by atoms with E-state index in [-0.39, 0.29) is 0 Å². The van der Waals surface area contributed by atoms with Gasteiger partial charge in [-0.25, -0.2) is 4.68 Å². The molecule has 0 saturated heterocycles. The molecule has 1 aromatic heterocycles. The molecule has 2 aromatic rings. The Morgan fingerprint density at radius 1 is 1.26 bits per heavy atom. The lowest BCUT2D eigenvalue weighted by Crippen LogP contribution is -2.19. The van der Waals surface area contributed by atoms with Crippen LogP contribution in [0.5, 0.6) is 5.75 Å². The zero-order valence-electron chi connectivity index (χ0n) is 10.6. The Morgan fingerprint density at radius 3 is 2.58 bits per heavy atom. The van der Waals surface area contributed by atoms with Crippen LogP contribution < -0.4 is 10.2 Å². The number of benzene rings is 1. The van der Waals surface area contributed by atoms with E-state index in [0.29, 0.717) is 5.45 Å². The lowest BCUT2D eigenvalue weighted by atomic mass is 10.1. The highest BCUT2D eigenvalue weighted by Gasteiger charge is 2.03. The molecule has 5 heteroatoms. The standard InChI is InChI=1S/C14H14BrN3O/c1-16-18-9-3-4-13(14(18)17-10-15)11-5-7-12(19-2)8-6-11/h3-9H,1,10H2,2H3. The van der Waals surface area contributed by atoms with Gasteiger partial charge in [0.05, 0.1) is 12.6 Å². The number of nitrogens with zero attached hydrogens (tertiary/aromatic N) is 3. The first kappa shape index (κ1) is 13.5. The average molecular weight is 320 g/mol. The van der Waals surface area contributed by atoms with Crippen LogP contribution >= 0.6 is 15.9 Å². The van der Waals surface area contributed by atoms with Crippen LogP contribution in [0, 0.1) is 0 Å². The zero-order valence-corrected chi connectivity index (χ0v) is 12.2. The van der Waals surface area contributed by atoms with Crippen LogP contribution in [-0.4, -0.2) is 24.0 Å². The summed E-state index contributed by atoms with van der Waals surface area (Å²) < 4.78 is 6.82. The lowest BCUT2D eigenvalue weighted by Gasteiger charge is -2.07. The molecule has 0 atom stereocenters. The Balaban J connectivity index is 2.60. The number of alkyl halides is 1. The first-order valence-corrected chi connectivity index (χ1v) is 6.82. The van der Waals surface area contributed by atoms with E-state index in [0.717, 1.165) is 22.4 Å². The van der Waals surface area contributed by atoms with Crippen molar-refractivity contribution in [3.05, 3.63) is 48.1 Å². The van der Waals surface area contributed by atoms with E-state index >= 15 is 0 Å². The fourth-order valence-electron chi connectivity index (χ4n) is 1.81. The maximum absolute atomic E-state index is 5.16. The van der Waals surface area contributed by atoms with Gasteiger partial charge >= 0.3 is 0 Å². The second-order valence-electron chi connectivity index (χ2n) is 3.74. The zero-order chi connectivity index (χ0) is 13.7. The van der Waals surface area contributed by atoms with Crippen molar-refractivity contribution in [2.24, 2.45) is 10.1 Å². The number of aromatic nitrogens is 1. The van der Waals surface area contributed by atoms with Crippen molar-refractivity contribution >= 4 is 22.6 Å². The van der Waals surface area contributed by atoms with Crippen LogP contribution in [0.3, 0.4) is 0 Å². The van der Waals surface area contributed by atoms with Crippen LogP contribution in [0.2, 0.25) is 0 Å². The van der Waals surface area contributed by atoms with Gasteiger partial charge in [-0.1, -0.05) is 28.1 Å². The Labute approximate surface area is 120 Å². The van der Waals surface area contributed by atoms with E-state index in [1.54, 1.807) is 11.8 Å². The van der Waals surface area contributed by atoms with Crippen LogP contribution in [0.15, 0.2) is 52.7 Å². The first-order chi connectivity index (χ1) is 9.30. The molecule has 19 heavy (non-hydrogen) atoms. The number of ether oxygens (including phenoxy) is 1. The highest BCUT2D eigenvalue weighted by atomic mass is 79.9. The van der Waals surface area contributed by atoms with E-state index < -0.39 is 0 Å². The maximum Gasteiger partial charge on any atom is 0.157 e. The summed E-state index contributed by atoms with van der Waals surface area (Å²) in [7, 11) is 1.65. The molecule has 4 nitrogen and oxygen atoms in total. The minimum Gasteiger partial charge on any atom is -0.497 e. The van der Waals surface area contributed by atoms with E-state index in [9.17, 15) is 0 Å². The Kier molecular flexibility index (Phi) is 4.52. The molecule has 0 aliphatic carbocycles. The molecular weight excluding hydrogens is 306 g/mol. The molecule has 0 spiro atoms. The van der Waals surface area contributed by atoms with Crippen LogP contribution in [0.25, 0.3) is 11.1 Å². The van der Waals surface area contributed by atoms with Crippen molar-refractivity contribution in [3.63, 3.8) is 0 Å². The summed E-state index contributed by atoms with van der Waals surface area (Å²) >= 11 is 3.32. The molecule has 0 saturated carbocycles. The van der Waals surface area contributed by atoms with Crippen molar-refractivity contribution < 1.29 is 4.74 Å². The fourth-order valence-corrected chi connectivity index (χ4v) is 2.05. The predicted octanol–water partition coefficient (Wildman–Crippen LogP) is 2.88. The van der Waals surface area contributed by atoms with Crippen molar-refractivity contribution in [1.29, 1.82) is 0 Å². The first-order valence-electron chi connectivity index (χ1n) is 5.69. The van der Waals surface area contributed by atoms with Gasteiger partial charge in [0.2, 0.25) is 0 Å². The third-order valence-corrected chi connectivity index (χ3v) is 2.96. The Hall–Kier alpha value is -1.88. The summed E-state index contributed by atoms with van der Waals surface area (Å²) in [5.74, 6) is 0.827. The molecule has 1 aromatic carbocycles. The molecule has 0 bridgehead atoms. The minimum atomic E-state index is 0.510. The molecule has 0 unspecified atom stereocenters. The van der Waals surface area contributed by atoms with Gasteiger partial charge in [0.25, 0.3) is 0 Å². The predicted molar refractivity (Wildman–Crippen MR) is 80.7 cm³/mol. The van der Waals surface area contributed by atoms with Crippen LogP contribution in [0.1, 0.15) is 0 Å². The highest BCUT2D eigenvalue weighted by molar-refractivity contribution is 9.09. The Morgan fingerprint density at radius 2 is 2.00 bits per heavy atom. The van der Waals surface area contributed by atoms with Crippen molar-refractivity contribution in [3.8, 4) is 16.9 Å². The monoisotopic (exact) mass is 319 g/mol. The highest BCUT2D eigenvalue weighted by Crippen LogP contribution is 2.19. The number of rotatable bonds is 4. The summed E-state index contributed by atoms with van der Waals surface area (Å²) in [4.78, 5) is 4.41. The summed E-state index contributed by atoms with van der Waals surface area (Å²) in [6.45, 7) is 3.55. The van der Waals surface area contributed by atoms with Gasteiger partial charge in [0.1, 0.15) is 5.75 Å². The number of hydrogen-bond acceptors (Lipinski definition) is 3. The van der Waals surface area contributed by atoms with Crippen molar-refractivity contribution in [2.45, 2.75) is 0 Å². The van der Waals surface area contributed by atoms with E-state index in [1.807, 2.05) is 42.6 Å². The van der Waals surface area contributed by atoms with Gasteiger partial charge in [0, 0.05) is 18.5 Å². The number of pyridine rings is 1. The minimum absolute atomic E-state index is 0.510. The molecule has 0 fully saturated rings. The third kappa shape index (κ3) is 2.93. The smallest absolute Gasteiger partial charge is 0.157 e. The third-order valence-electron chi connectivity index (χ3n) is 2.71. The normalized spacial score (nSPS) is 11.4. The van der Waals surface area contributed by atoms with Gasteiger partial charge in [-0.05, 0) is 29.8 Å². The number of methoxy groups -OCH3 is 1. The molecule has 0 radical (unpaired) electrons. The summed E-state index contributed by atoms with van der Waals surface area (Å²) in [5, 5.41) is 3.94. The summed E-state index contributed by atoms with van der Waals surface area (Å²) in [5.41, 5.74) is 3.32. The van der Waals surface area contributed by atoms with Crippen LogP contribution in [-0.2, 0) is 0 Å². The molecule has 0 N–H and O–H groups in total. The SMILES string of the molecule is C=Nn1cccc(-c2ccc(OC)cc2)c1=NCBr. The van der Waals surface area contributed by atoms with E-state index in [4.69, 9.17) is 4.74 Å². The van der Waals surface area contributed by atoms with Gasteiger partial charge in [0.15, 0.2) is 5.49 Å². The largest absolute Gasteiger partial charge is 0.497 e. The van der Waals surface area contributed by atoms with Crippen molar-refractivity contribution in [2.75, 3.05) is 12.6 Å². The fraction of sp³-hybridized carbons (Fsp3) is 0.143. The second kappa shape index (κ2) is 6.33. The quantitative estimate of drug-likeness (QED) is 0.485. The maximum atomic E-state index is 5.16. The van der Waals surface area contributed by atoms with Gasteiger partial charge in [-0.2, -0.15) is 5.10 Å². The molecule has 0 aliphatic rings. The summed E-state index contributed by atoms with van der Waals surface area (Å²) in [6.07, 6.45) is 1.82. The second-order valence-corrected chi connectivity index (χ2v) is 4.24. The molecule has 2 rings (SSSR count). The number of halogens is 1. The number of hydrogen-bond donors (Lipinski definition) is 0. The molecule has 0 aliphatic heterocycles. The van der Waals surface area contributed by atoms with Gasteiger partial charge in [-0.15, -0.1) is 0 Å². The Bertz CT molecular complexity index is 632.